The molecule has 0 spiro atoms. The third-order valence-electron chi connectivity index (χ3n) is 4.50. The van der Waals surface area contributed by atoms with Crippen LogP contribution in [-0.4, -0.2) is 18.4 Å². The molecule has 1 fully saturated rings. The Morgan fingerprint density at radius 1 is 0.920 bits per heavy atom. The van der Waals surface area contributed by atoms with Crippen LogP contribution in [0.1, 0.15) is 23.2 Å². The summed E-state index contributed by atoms with van der Waals surface area (Å²) in [5.74, 6) is -0.0198. The fraction of sp³-hybridized carbons (Fsp3) is 0.143. The van der Waals surface area contributed by atoms with Crippen LogP contribution < -0.4 is 10.2 Å². The summed E-state index contributed by atoms with van der Waals surface area (Å²) in [6.45, 7) is 0.737. The van der Waals surface area contributed by atoms with Gasteiger partial charge in [0.1, 0.15) is 0 Å². The molecule has 124 valence electrons. The van der Waals surface area contributed by atoms with E-state index >= 15 is 0 Å². The lowest BCUT2D eigenvalue weighted by Crippen LogP contribution is -2.23. The van der Waals surface area contributed by atoms with E-state index < -0.39 is 0 Å². The number of hydrogen-bond acceptors (Lipinski definition) is 2. The summed E-state index contributed by atoms with van der Waals surface area (Å²) in [5, 5.41) is 5.06. The van der Waals surface area contributed by atoms with Gasteiger partial charge in [-0.05, 0) is 47.5 Å². The van der Waals surface area contributed by atoms with Gasteiger partial charge in [-0.25, -0.2) is 0 Å². The highest BCUT2D eigenvalue weighted by atomic mass is 16.2. The second-order valence-corrected chi connectivity index (χ2v) is 6.22. The summed E-state index contributed by atoms with van der Waals surface area (Å²) in [6, 6.07) is 21.1. The highest BCUT2D eigenvalue weighted by molar-refractivity contribution is 6.07. The molecule has 1 heterocycles. The Balaban J connectivity index is 1.56. The lowest BCUT2D eigenvalue weighted by molar-refractivity contribution is -0.117. The van der Waals surface area contributed by atoms with Crippen LogP contribution in [0.3, 0.4) is 0 Å². The number of amides is 2. The second kappa shape index (κ2) is 6.40. The normalized spacial score (nSPS) is 14.1. The fourth-order valence-corrected chi connectivity index (χ4v) is 3.21. The number of nitrogens with zero attached hydrogens (tertiary/aromatic N) is 1. The Morgan fingerprint density at radius 3 is 2.56 bits per heavy atom. The van der Waals surface area contributed by atoms with E-state index in [1.54, 1.807) is 4.90 Å². The number of nitrogens with one attached hydrogen (secondary N) is 1. The van der Waals surface area contributed by atoms with Crippen molar-refractivity contribution in [2.75, 3.05) is 16.8 Å². The van der Waals surface area contributed by atoms with Crippen LogP contribution in [0.4, 0.5) is 11.4 Å². The quantitative estimate of drug-likeness (QED) is 0.782. The monoisotopic (exact) mass is 330 g/mol. The smallest absolute Gasteiger partial charge is 0.255 e. The minimum atomic E-state index is -0.157. The summed E-state index contributed by atoms with van der Waals surface area (Å²) >= 11 is 0. The van der Waals surface area contributed by atoms with Crippen molar-refractivity contribution in [1.82, 2.24) is 0 Å². The molecule has 3 aromatic carbocycles. The maximum absolute atomic E-state index is 12.6. The van der Waals surface area contributed by atoms with E-state index in [9.17, 15) is 9.59 Å². The molecular weight excluding hydrogens is 312 g/mol. The van der Waals surface area contributed by atoms with Gasteiger partial charge in [0.2, 0.25) is 5.91 Å². The molecule has 0 unspecified atom stereocenters. The molecule has 1 aliphatic rings. The summed E-state index contributed by atoms with van der Waals surface area (Å²) in [7, 11) is 0. The molecule has 3 aromatic rings. The standard InChI is InChI=1S/C21H18N2O2/c24-20-9-4-12-23(20)19-8-3-7-18(14-19)22-21(25)17-11-10-15-5-1-2-6-16(15)13-17/h1-3,5-8,10-11,13-14H,4,9,12H2,(H,22,25). The van der Waals surface area contributed by atoms with Crippen molar-refractivity contribution >= 4 is 34.0 Å². The third-order valence-corrected chi connectivity index (χ3v) is 4.50. The Kier molecular flexibility index (Phi) is 3.94. The van der Waals surface area contributed by atoms with Crippen LogP contribution in [0.25, 0.3) is 10.8 Å². The number of fused-ring (bicyclic) bond motifs is 1. The number of carbonyl (C=O) groups excluding carboxylic acids is 2. The minimum Gasteiger partial charge on any atom is -0.322 e. The van der Waals surface area contributed by atoms with Crippen molar-refractivity contribution in [3.8, 4) is 0 Å². The zero-order chi connectivity index (χ0) is 17.2. The van der Waals surface area contributed by atoms with E-state index in [4.69, 9.17) is 0 Å². The third kappa shape index (κ3) is 3.11. The maximum atomic E-state index is 12.6. The van der Waals surface area contributed by atoms with Gasteiger partial charge in [-0.3, -0.25) is 9.59 Å². The number of anilines is 2. The van der Waals surface area contributed by atoms with Crippen molar-refractivity contribution in [3.05, 3.63) is 72.3 Å². The molecule has 1 aliphatic heterocycles. The molecule has 4 nitrogen and oxygen atoms in total. The molecule has 2 amide bonds. The van der Waals surface area contributed by atoms with Crippen LogP contribution in [-0.2, 0) is 4.79 Å². The van der Waals surface area contributed by atoms with Gasteiger partial charge in [-0.15, -0.1) is 0 Å². The SMILES string of the molecule is O=C(Nc1cccc(N2CCCC2=O)c1)c1ccc2ccccc2c1. The molecule has 0 radical (unpaired) electrons. The van der Waals surface area contributed by atoms with Crippen molar-refractivity contribution in [3.63, 3.8) is 0 Å². The maximum Gasteiger partial charge on any atom is 0.255 e. The number of rotatable bonds is 3. The van der Waals surface area contributed by atoms with E-state index in [1.165, 1.54) is 0 Å². The van der Waals surface area contributed by atoms with Crippen LogP contribution >= 0.6 is 0 Å². The number of benzene rings is 3. The molecule has 0 atom stereocenters. The molecule has 25 heavy (non-hydrogen) atoms. The Hall–Kier alpha value is -3.14. The predicted octanol–water partition coefficient (Wildman–Crippen LogP) is 4.22. The van der Waals surface area contributed by atoms with Crippen LogP contribution in [0, 0.1) is 0 Å². The molecule has 4 rings (SSSR count). The van der Waals surface area contributed by atoms with Crippen molar-refractivity contribution in [2.24, 2.45) is 0 Å². The summed E-state index contributed by atoms with van der Waals surface area (Å²) < 4.78 is 0. The first-order chi connectivity index (χ1) is 12.2. The van der Waals surface area contributed by atoms with Crippen LogP contribution in [0.15, 0.2) is 66.7 Å². The Morgan fingerprint density at radius 2 is 1.76 bits per heavy atom. The lowest BCUT2D eigenvalue weighted by Gasteiger charge is -2.16. The van der Waals surface area contributed by atoms with Crippen LogP contribution in [0.2, 0.25) is 0 Å². The van der Waals surface area contributed by atoms with E-state index in [-0.39, 0.29) is 11.8 Å². The average Bonchev–Trinajstić information content (AvgIpc) is 3.07. The fourth-order valence-electron chi connectivity index (χ4n) is 3.21. The van der Waals surface area contributed by atoms with Gasteiger partial charge in [0.25, 0.3) is 5.91 Å². The van der Waals surface area contributed by atoms with Crippen LogP contribution in [0.5, 0.6) is 0 Å². The van der Waals surface area contributed by atoms with Crippen molar-refractivity contribution in [1.29, 1.82) is 0 Å². The summed E-state index contributed by atoms with van der Waals surface area (Å²) in [4.78, 5) is 26.2. The molecule has 1 saturated heterocycles. The highest BCUT2D eigenvalue weighted by Gasteiger charge is 2.21. The molecule has 0 aliphatic carbocycles. The Labute approximate surface area is 146 Å². The van der Waals surface area contributed by atoms with Gasteiger partial charge in [0.15, 0.2) is 0 Å². The van der Waals surface area contributed by atoms with Crippen molar-refractivity contribution < 1.29 is 9.59 Å². The summed E-state index contributed by atoms with van der Waals surface area (Å²) in [5.41, 5.74) is 2.13. The van der Waals surface area contributed by atoms with E-state index in [0.29, 0.717) is 17.7 Å². The van der Waals surface area contributed by atoms with Gasteiger partial charge in [-0.1, -0.05) is 36.4 Å². The van der Waals surface area contributed by atoms with Gasteiger partial charge < -0.3 is 10.2 Å². The summed E-state index contributed by atoms with van der Waals surface area (Å²) in [6.07, 6.45) is 1.47. The molecule has 1 N–H and O–H groups in total. The lowest BCUT2D eigenvalue weighted by atomic mass is 10.1. The largest absolute Gasteiger partial charge is 0.322 e. The first kappa shape index (κ1) is 15.4. The van der Waals surface area contributed by atoms with E-state index in [0.717, 1.165) is 29.4 Å². The molecule has 0 bridgehead atoms. The zero-order valence-corrected chi connectivity index (χ0v) is 13.7. The first-order valence-electron chi connectivity index (χ1n) is 8.41. The van der Waals surface area contributed by atoms with Crippen molar-refractivity contribution in [2.45, 2.75) is 12.8 Å². The topological polar surface area (TPSA) is 49.4 Å². The highest BCUT2D eigenvalue weighted by Crippen LogP contribution is 2.25. The van der Waals surface area contributed by atoms with Gasteiger partial charge in [-0.2, -0.15) is 0 Å². The number of hydrogen-bond donors (Lipinski definition) is 1. The molecular formula is C21H18N2O2. The molecule has 4 heteroatoms. The average molecular weight is 330 g/mol. The van der Waals surface area contributed by atoms with E-state index in [2.05, 4.69) is 5.32 Å². The van der Waals surface area contributed by atoms with Gasteiger partial charge in [0.05, 0.1) is 0 Å². The first-order valence-corrected chi connectivity index (χ1v) is 8.41. The van der Waals surface area contributed by atoms with E-state index in [1.807, 2.05) is 66.7 Å². The second-order valence-electron chi connectivity index (χ2n) is 6.22. The number of carbonyl (C=O) groups is 2. The Bertz CT molecular complexity index is 965. The molecule has 0 aromatic heterocycles. The van der Waals surface area contributed by atoms with Gasteiger partial charge in [0, 0.05) is 29.9 Å². The van der Waals surface area contributed by atoms with Gasteiger partial charge >= 0.3 is 0 Å². The predicted molar refractivity (Wildman–Crippen MR) is 99.9 cm³/mol. The zero-order valence-electron chi connectivity index (χ0n) is 13.7. The minimum absolute atomic E-state index is 0.137. The molecule has 0 saturated carbocycles.